The predicted octanol–water partition coefficient (Wildman–Crippen LogP) is 5.00. The Bertz CT molecular complexity index is 898. The fourth-order valence-corrected chi connectivity index (χ4v) is 2.69. The van der Waals surface area contributed by atoms with Crippen molar-refractivity contribution in [1.82, 2.24) is 4.98 Å². The van der Waals surface area contributed by atoms with Gasteiger partial charge in [-0.25, -0.2) is 0 Å². The Morgan fingerprint density at radius 1 is 0.880 bits per heavy atom. The molecular weight excluding hydrogens is 310 g/mol. The Kier molecular flexibility index (Phi) is 4.80. The fourth-order valence-electron chi connectivity index (χ4n) is 2.69. The molecule has 0 unspecified atom stereocenters. The number of amides is 1. The molecule has 0 atom stereocenters. The molecule has 2 N–H and O–H groups in total. The first kappa shape index (κ1) is 16.7. The minimum absolute atomic E-state index is 0.217. The van der Waals surface area contributed by atoms with E-state index in [0.29, 0.717) is 5.69 Å². The van der Waals surface area contributed by atoms with Gasteiger partial charge in [0, 0.05) is 23.3 Å². The lowest BCUT2D eigenvalue weighted by atomic mass is 10.1. The molecule has 3 rings (SSSR count). The van der Waals surface area contributed by atoms with Crippen molar-refractivity contribution >= 4 is 23.0 Å². The summed E-state index contributed by atoms with van der Waals surface area (Å²) in [6.07, 6.45) is 1.64. The van der Waals surface area contributed by atoms with Crippen molar-refractivity contribution in [3.05, 3.63) is 83.2 Å². The van der Waals surface area contributed by atoms with Crippen molar-refractivity contribution in [2.24, 2.45) is 0 Å². The summed E-state index contributed by atoms with van der Waals surface area (Å²) in [7, 11) is 0. The van der Waals surface area contributed by atoms with Crippen molar-refractivity contribution in [2.45, 2.75) is 20.8 Å². The summed E-state index contributed by atoms with van der Waals surface area (Å²) < 4.78 is 0. The number of benzene rings is 2. The summed E-state index contributed by atoms with van der Waals surface area (Å²) in [6.45, 7) is 6.00. The number of carbonyl (C=O) groups is 1. The highest BCUT2D eigenvalue weighted by Gasteiger charge is 2.11. The zero-order chi connectivity index (χ0) is 17.8. The van der Waals surface area contributed by atoms with Crippen LogP contribution in [-0.4, -0.2) is 10.9 Å². The molecule has 4 nitrogen and oxygen atoms in total. The van der Waals surface area contributed by atoms with Crippen molar-refractivity contribution in [3.63, 3.8) is 0 Å². The molecule has 0 fully saturated rings. The smallest absolute Gasteiger partial charge is 0.274 e. The lowest BCUT2D eigenvalue weighted by Crippen LogP contribution is -2.15. The Balaban J connectivity index is 1.81. The summed E-state index contributed by atoms with van der Waals surface area (Å²) in [6, 6.07) is 17.6. The van der Waals surface area contributed by atoms with Gasteiger partial charge in [0.1, 0.15) is 5.69 Å². The molecule has 0 aliphatic carbocycles. The van der Waals surface area contributed by atoms with E-state index in [9.17, 15) is 4.79 Å². The number of pyridine rings is 1. The zero-order valence-corrected chi connectivity index (χ0v) is 14.6. The van der Waals surface area contributed by atoms with Crippen LogP contribution in [0.25, 0.3) is 0 Å². The van der Waals surface area contributed by atoms with E-state index >= 15 is 0 Å². The largest absolute Gasteiger partial charge is 0.355 e. The molecule has 2 aromatic carbocycles. The van der Waals surface area contributed by atoms with Gasteiger partial charge in [0.25, 0.3) is 5.91 Å². The van der Waals surface area contributed by atoms with Gasteiger partial charge in [-0.05, 0) is 55.7 Å². The number of anilines is 3. The maximum Gasteiger partial charge on any atom is 0.274 e. The molecule has 1 aromatic heterocycles. The van der Waals surface area contributed by atoms with Crippen molar-refractivity contribution in [2.75, 3.05) is 10.6 Å². The predicted molar refractivity (Wildman–Crippen MR) is 103 cm³/mol. The summed E-state index contributed by atoms with van der Waals surface area (Å²) in [5, 5.41) is 6.30. The second kappa shape index (κ2) is 7.18. The molecular formula is C21H21N3O. The number of nitrogens with zero attached hydrogens (tertiary/aromatic N) is 1. The summed E-state index contributed by atoms with van der Waals surface area (Å²) in [5.41, 5.74) is 6.25. The topological polar surface area (TPSA) is 54.0 Å². The van der Waals surface area contributed by atoms with E-state index in [1.165, 1.54) is 0 Å². The standard InChI is InChI=1S/C21H21N3O/c1-14-7-4-5-10-18(14)23-17-11-12-22-19(13-17)21(25)24-20-15(2)8-6-9-16(20)3/h4-13H,1-3H3,(H,22,23)(H,24,25). The van der Waals surface area contributed by atoms with Crippen molar-refractivity contribution < 1.29 is 4.79 Å². The van der Waals surface area contributed by atoms with E-state index in [4.69, 9.17) is 0 Å². The van der Waals surface area contributed by atoms with Crippen LogP contribution in [0.2, 0.25) is 0 Å². The SMILES string of the molecule is Cc1ccccc1Nc1ccnc(C(=O)Nc2c(C)cccc2C)c1. The van der Waals surface area contributed by atoms with E-state index in [-0.39, 0.29) is 5.91 Å². The highest BCUT2D eigenvalue weighted by molar-refractivity contribution is 6.04. The number of hydrogen-bond acceptors (Lipinski definition) is 3. The van der Waals surface area contributed by atoms with Crippen molar-refractivity contribution in [1.29, 1.82) is 0 Å². The number of hydrogen-bond donors (Lipinski definition) is 2. The third-order valence-corrected chi connectivity index (χ3v) is 4.14. The average molecular weight is 331 g/mol. The normalized spacial score (nSPS) is 10.4. The van der Waals surface area contributed by atoms with Crippen LogP contribution < -0.4 is 10.6 Å². The van der Waals surface area contributed by atoms with Gasteiger partial charge >= 0.3 is 0 Å². The number of aryl methyl sites for hydroxylation is 3. The monoisotopic (exact) mass is 331 g/mol. The lowest BCUT2D eigenvalue weighted by molar-refractivity contribution is 0.102. The number of nitrogens with one attached hydrogen (secondary N) is 2. The second-order valence-corrected chi connectivity index (χ2v) is 6.09. The van der Waals surface area contributed by atoms with E-state index in [1.54, 1.807) is 12.3 Å². The molecule has 126 valence electrons. The van der Waals surface area contributed by atoms with Crippen LogP contribution in [0.4, 0.5) is 17.1 Å². The molecule has 0 aliphatic rings. The molecule has 0 saturated carbocycles. The Morgan fingerprint density at radius 2 is 1.56 bits per heavy atom. The van der Waals surface area contributed by atoms with Gasteiger partial charge < -0.3 is 10.6 Å². The number of carbonyl (C=O) groups excluding carboxylic acids is 1. The summed E-state index contributed by atoms with van der Waals surface area (Å²) in [5.74, 6) is -0.217. The molecule has 4 heteroatoms. The van der Waals surface area contributed by atoms with E-state index in [0.717, 1.165) is 33.8 Å². The Labute approximate surface area is 147 Å². The number of rotatable bonds is 4. The minimum atomic E-state index is -0.217. The molecule has 25 heavy (non-hydrogen) atoms. The first-order valence-electron chi connectivity index (χ1n) is 8.21. The molecule has 0 aliphatic heterocycles. The van der Waals surface area contributed by atoms with Crippen LogP contribution >= 0.6 is 0 Å². The van der Waals surface area contributed by atoms with Crippen molar-refractivity contribution in [3.8, 4) is 0 Å². The van der Waals surface area contributed by atoms with Gasteiger partial charge in [-0.15, -0.1) is 0 Å². The number of para-hydroxylation sites is 2. The highest BCUT2D eigenvalue weighted by Crippen LogP contribution is 2.22. The Hall–Kier alpha value is -3.14. The maximum absolute atomic E-state index is 12.6. The fraction of sp³-hybridized carbons (Fsp3) is 0.143. The van der Waals surface area contributed by atoms with Crippen LogP contribution in [0.15, 0.2) is 60.8 Å². The van der Waals surface area contributed by atoms with E-state index in [2.05, 4.69) is 15.6 Å². The maximum atomic E-state index is 12.6. The molecule has 3 aromatic rings. The first-order valence-corrected chi connectivity index (χ1v) is 8.21. The molecule has 0 bridgehead atoms. The van der Waals surface area contributed by atoms with Gasteiger partial charge in [-0.3, -0.25) is 9.78 Å². The molecule has 1 amide bonds. The highest BCUT2D eigenvalue weighted by atomic mass is 16.1. The van der Waals surface area contributed by atoms with Crippen LogP contribution in [0.3, 0.4) is 0 Å². The molecule has 0 spiro atoms. The first-order chi connectivity index (χ1) is 12.0. The zero-order valence-electron chi connectivity index (χ0n) is 14.6. The van der Waals surface area contributed by atoms with Crippen LogP contribution in [0.1, 0.15) is 27.2 Å². The van der Waals surface area contributed by atoms with Crippen LogP contribution in [0, 0.1) is 20.8 Å². The Morgan fingerprint density at radius 3 is 2.28 bits per heavy atom. The number of aromatic nitrogens is 1. The van der Waals surface area contributed by atoms with Crippen LogP contribution in [-0.2, 0) is 0 Å². The third kappa shape index (κ3) is 3.86. The van der Waals surface area contributed by atoms with Gasteiger partial charge in [0.15, 0.2) is 0 Å². The van der Waals surface area contributed by atoms with Gasteiger partial charge in [0.2, 0.25) is 0 Å². The summed E-state index contributed by atoms with van der Waals surface area (Å²) in [4.78, 5) is 16.8. The average Bonchev–Trinajstić information content (AvgIpc) is 2.60. The van der Waals surface area contributed by atoms with Gasteiger partial charge in [-0.2, -0.15) is 0 Å². The summed E-state index contributed by atoms with van der Waals surface area (Å²) >= 11 is 0. The third-order valence-electron chi connectivity index (χ3n) is 4.14. The van der Waals surface area contributed by atoms with Gasteiger partial charge in [-0.1, -0.05) is 36.4 Å². The quantitative estimate of drug-likeness (QED) is 0.707. The van der Waals surface area contributed by atoms with E-state index in [1.807, 2.05) is 69.3 Å². The minimum Gasteiger partial charge on any atom is -0.355 e. The molecule has 0 saturated heterocycles. The second-order valence-electron chi connectivity index (χ2n) is 6.09. The van der Waals surface area contributed by atoms with E-state index < -0.39 is 0 Å². The van der Waals surface area contributed by atoms with Crippen LogP contribution in [0.5, 0.6) is 0 Å². The molecule has 1 heterocycles. The van der Waals surface area contributed by atoms with Gasteiger partial charge in [0.05, 0.1) is 0 Å². The lowest BCUT2D eigenvalue weighted by Gasteiger charge is -2.12. The molecule has 0 radical (unpaired) electrons.